The maximum absolute atomic E-state index is 13.1. The molecule has 1 fully saturated rings. The second-order valence-electron chi connectivity index (χ2n) is 8.93. The van der Waals surface area contributed by atoms with Gasteiger partial charge in [-0.2, -0.15) is 0 Å². The number of hydrogen-bond donors (Lipinski definition) is 1. The molecular formula is C24H30N6O3. The van der Waals surface area contributed by atoms with Crippen molar-refractivity contribution in [2.75, 3.05) is 45.9 Å². The summed E-state index contributed by atoms with van der Waals surface area (Å²) in [5, 5.41) is 0.685. The molecule has 0 saturated heterocycles. The summed E-state index contributed by atoms with van der Waals surface area (Å²) in [7, 11) is 5.39. The van der Waals surface area contributed by atoms with Crippen LogP contribution >= 0.6 is 0 Å². The van der Waals surface area contributed by atoms with Crippen LogP contribution in [0.3, 0.4) is 0 Å². The third kappa shape index (κ3) is 4.56. The van der Waals surface area contributed by atoms with E-state index in [1.807, 2.05) is 25.4 Å². The van der Waals surface area contributed by atoms with Crippen LogP contribution in [-0.4, -0.2) is 65.8 Å². The highest BCUT2D eigenvalue weighted by Gasteiger charge is 2.28. The standard InChI is InChI=1S/C24H30N6O3/c1-29(8-9-32-2)14-21-25-12-16-13-30(7-6-19(16)26-21)24-27-20-11-17(33-3)10-18(15-4-5-15)22(20)23(31)28-24/h10-12,15H,4-9,13-14H2,1-3H3,(H,27,28,31). The molecule has 0 bridgehead atoms. The highest BCUT2D eigenvalue weighted by molar-refractivity contribution is 5.85. The minimum absolute atomic E-state index is 0.0870. The number of likely N-dealkylation sites (N-methyl/N-ethyl adjacent to an activating group) is 1. The van der Waals surface area contributed by atoms with Crippen molar-refractivity contribution in [3.8, 4) is 5.75 Å². The number of benzene rings is 1. The van der Waals surface area contributed by atoms with Gasteiger partial charge >= 0.3 is 0 Å². The molecule has 2 aromatic heterocycles. The smallest absolute Gasteiger partial charge is 0.260 e. The molecule has 1 aromatic carbocycles. The first-order valence-corrected chi connectivity index (χ1v) is 11.4. The number of nitrogens with zero attached hydrogens (tertiary/aromatic N) is 5. The van der Waals surface area contributed by atoms with Crippen LogP contribution in [0.15, 0.2) is 23.1 Å². The van der Waals surface area contributed by atoms with Gasteiger partial charge in [-0.25, -0.2) is 15.0 Å². The molecule has 0 unspecified atom stereocenters. The van der Waals surface area contributed by atoms with Gasteiger partial charge in [0.25, 0.3) is 5.56 Å². The van der Waals surface area contributed by atoms with E-state index in [4.69, 9.17) is 19.4 Å². The molecule has 1 aliphatic carbocycles. The highest BCUT2D eigenvalue weighted by atomic mass is 16.5. The summed E-state index contributed by atoms with van der Waals surface area (Å²) in [6, 6.07) is 3.84. The molecular weight excluding hydrogens is 420 g/mol. The van der Waals surface area contributed by atoms with Crippen LogP contribution in [0.4, 0.5) is 5.95 Å². The number of ether oxygens (including phenoxy) is 2. The van der Waals surface area contributed by atoms with Crippen molar-refractivity contribution in [1.82, 2.24) is 24.8 Å². The molecule has 1 aliphatic heterocycles. The summed E-state index contributed by atoms with van der Waals surface area (Å²) in [5.41, 5.74) is 3.78. The fraction of sp³-hybridized carbons (Fsp3) is 0.500. The predicted octanol–water partition coefficient (Wildman–Crippen LogP) is 2.24. The first kappa shape index (κ1) is 21.8. The topological polar surface area (TPSA) is 96.5 Å². The van der Waals surface area contributed by atoms with E-state index in [0.29, 0.717) is 42.5 Å². The van der Waals surface area contributed by atoms with Crippen LogP contribution < -0.4 is 15.2 Å². The number of H-pyrrole nitrogens is 1. The Bertz CT molecular complexity index is 1220. The van der Waals surface area contributed by atoms with E-state index >= 15 is 0 Å². The van der Waals surface area contributed by atoms with Crippen LogP contribution in [0.2, 0.25) is 0 Å². The van der Waals surface area contributed by atoms with E-state index in [-0.39, 0.29) is 5.56 Å². The SMILES string of the molecule is COCCN(C)Cc1ncc2c(n1)CCN(c1nc3cc(OC)cc(C4CC4)c3c(=O)[nH]1)C2. The number of aromatic amines is 1. The average molecular weight is 451 g/mol. The van der Waals surface area contributed by atoms with E-state index in [1.54, 1.807) is 14.2 Å². The number of nitrogens with one attached hydrogen (secondary N) is 1. The zero-order valence-corrected chi connectivity index (χ0v) is 19.4. The molecule has 3 heterocycles. The van der Waals surface area contributed by atoms with Crippen molar-refractivity contribution in [3.63, 3.8) is 0 Å². The zero-order chi connectivity index (χ0) is 22.9. The summed E-state index contributed by atoms with van der Waals surface area (Å²) in [6.07, 6.45) is 4.90. The molecule has 1 saturated carbocycles. The second-order valence-corrected chi connectivity index (χ2v) is 8.93. The van der Waals surface area contributed by atoms with Gasteiger partial charge in [-0.3, -0.25) is 14.7 Å². The van der Waals surface area contributed by atoms with Crippen molar-refractivity contribution < 1.29 is 9.47 Å². The monoisotopic (exact) mass is 450 g/mol. The molecule has 5 rings (SSSR count). The molecule has 3 aromatic rings. The molecule has 0 amide bonds. The lowest BCUT2D eigenvalue weighted by Crippen LogP contribution is -2.34. The van der Waals surface area contributed by atoms with E-state index < -0.39 is 0 Å². The van der Waals surface area contributed by atoms with Crippen LogP contribution in [-0.2, 0) is 24.2 Å². The predicted molar refractivity (Wildman–Crippen MR) is 126 cm³/mol. The van der Waals surface area contributed by atoms with E-state index in [0.717, 1.165) is 60.7 Å². The second kappa shape index (κ2) is 9.07. The van der Waals surface area contributed by atoms with Crippen molar-refractivity contribution in [2.24, 2.45) is 0 Å². The van der Waals surface area contributed by atoms with Gasteiger partial charge in [0.2, 0.25) is 5.95 Å². The first-order chi connectivity index (χ1) is 16.1. The number of rotatable bonds is 8. The number of anilines is 1. The number of methoxy groups -OCH3 is 2. The quantitative estimate of drug-likeness (QED) is 0.558. The Hall–Kier alpha value is -3.04. The summed E-state index contributed by atoms with van der Waals surface area (Å²) in [6.45, 7) is 3.55. The van der Waals surface area contributed by atoms with Crippen LogP contribution in [0, 0.1) is 0 Å². The zero-order valence-electron chi connectivity index (χ0n) is 19.4. The van der Waals surface area contributed by atoms with Gasteiger partial charge in [0.1, 0.15) is 11.6 Å². The molecule has 2 aliphatic rings. The summed E-state index contributed by atoms with van der Waals surface area (Å²) in [4.78, 5) is 34.5. The van der Waals surface area contributed by atoms with Gasteiger partial charge in [-0.1, -0.05) is 0 Å². The molecule has 9 nitrogen and oxygen atoms in total. The Morgan fingerprint density at radius 3 is 2.85 bits per heavy atom. The third-order valence-electron chi connectivity index (χ3n) is 6.43. The normalized spacial score (nSPS) is 15.8. The average Bonchev–Trinajstić information content (AvgIpc) is 3.67. The largest absolute Gasteiger partial charge is 0.497 e. The van der Waals surface area contributed by atoms with Crippen LogP contribution in [0.5, 0.6) is 5.75 Å². The minimum atomic E-state index is -0.0870. The molecule has 0 spiro atoms. The lowest BCUT2D eigenvalue weighted by atomic mass is 10.0. The van der Waals surface area contributed by atoms with Crippen molar-refractivity contribution in [2.45, 2.75) is 38.3 Å². The Balaban J connectivity index is 1.39. The molecule has 9 heteroatoms. The van der Waals surface area contributed by atoms with E-state index in [9.17, 15) is 4.79 Å². The van der Waals surface area contributed by atoms with Gasteiger partial charge in [0.05, 0.1) is 36.9 Å². The fourth-order valence-electron chi connectivity index (χ4n) is 4.43. The van der Waals surface area contributed by atoms with E-state index in [2.05, 4.69) is 19.8 Å². The van der Waals surface area contributed by atoms with Crippen molar-refractivity contribution in [3.05, 3.63) is 51.3 Å². The van der Waals surface area contributed by atoms with Gasteiger partial charge in [0, 0.05) is 51.0 Å². The summed E-state index contributed by atoms with van der Waals surface area (Å²) < 4.78 is 10.6. The Morgan fingerprint density at radius 1 is 1.24 bits per heavy atom. The Morgan fingerprint density at radius 2 is 2.09 bits per heavy atom. The van der Waals surface area contributed by atoms with Crippen molar-refractivity contribution in [1.29, 1.82) is 0 Å². The first-order valence-electron chi connectivity index (χ1n) is 11.4. The van der Waals surface area contributed by atoms with Crippen LogP contribution in [0.25, 0.3) is 10.9 Å². The Labute approximate surface area is 192 Å². The molecule has 174 valence electrons. The number of fused-ring (bicyclic) bond motifs is 2. The lowest BCUT2D eigenvalue weighted by Gasteiger charge is -2.29. The van der Waals surface area contributed by atoms with Gasteiger partial charge in [0.15, 0.2) is 0 Å². The maximum atomic E-state index is 13.1. The molecule has 0 atom stereocenters. The van der Waals surface area contributed by atoms with Crippen LogP contribution in [0.1, 0.15) is 41.4 Å². The van der Waals surface area contributed by atoms with Gasteiger partial charge < -0.3 is 14.4 Å². The maximum Gasteiger partial charge on any atom is 0.260 e. The van der Waals surface area contributed by atoms with Gasteiger partial charge in [-0.15, -0.1) is 0 Å². The highest BCUT2D eigenvalue weighted by Crippen LogP contribution is 2.43. The minimum Gasteiger partial charge on any atom is -0.497 e. The molecule has 33 heavy (non-hydrogen) atoms. The fourth-order valence-corrected chi connectivity index (χ4v) is 4.43. The number of hydrogen-bond acceptors (Lipinski definition) is 8. The van der Waals surface area contributed by atoms with Crippen molar-refractivity contribution >= 4 is 16.9 Å². The summed E-state index contributed by atoms with van der Waals surface area (Å²) in [5.74, 6) is 2.57. The molecule has 1 N–H and O–H groups in total. The summed E-state index contributed by atoms with van der Waals surface area (Å²) >= 11 is 0. The Kier molecular flexibility index (Phi) is 5.99. The van der Waals surface area contributed by atoms with Gasteiger partial charge in [-0.05, 0) is 37.4 Å². The van der Waals surface area contributed by atoms with E-state index in [1.165, 1.54) is 0 Å². The number of aromatic nitrogens is 4. The molecule has 0 radical (unpaired) electrons. The lowest BCUT2D eigenvalue weighted by molar-refractivity contribution is 0.157. The third-order valence-corrected chi connectivity index (χ3v) is 6.43.